The molecule has 0 aliphatic heterocycles. The maximum absolute atomic E-state index is 12.9. The van der Waals surface area contributed by atoms with E-state index < -0.39 is 19.7 Å². The van der Waals surface area contributed by atoms with Crippen LogP contribution < -0.4 is 0 Å². The Balaban J connectivity index is 0.000000185. The maximum Gasteiger partial charge on any atom is 0.195 e. The van der Waals surface area contributed by atoms with Gasteiger partial charge in [0.1, 0.15) is 16.8 Å². The third-order valence-electron chi connectivity index (χ3n) is 7.82. The summed E-state index contributed by atoms with van der Waals surface area (Å²) >= 11 is 6.17. The van der Waals surface area contributed by atoms with Crippen molar-refractivity contribution in [2.45, 2.75) is 50.3 Å². The molecule has 2 heterocycles. The SMILES string of the molecule is CC1=C(C(=O)c2ccc(S(C)(=O)=O)cc2)c2nc(C)nc(Cl)c2C1.CC1=C(C(=O)c2ccc(S(C)(=O)=O)cc2)c2nc(C)ncc2C1. The van der Waals surface area contributed by atoms with Gasteiger partial charge in [0, 0.05) is 52.1 Å². The molecule has 0 bridgehead atoms. The molecule has 47 heavy (non-hydrogen) atoms. The summed E-state index contributed by atoms with van der Waals surface area (Å²) in [6, 6.07) is 11.9. The molecule has 0 radical (unpaired) electrons. The van der Waals surface area contributed by atoms with Crippen LogP contribution in [0.2, 0.25) is 5.15 Å². The first-order valence-corrected chi connectivity index (χ1v) is 18.6. The third kappa shape index (κ3) is 6.99. The summed E-state index contributed by atoms with van der Waals surface area (Å²) in [4.78, 5) is 43.2. The molecule has 0 saturated carbocycles. The number of halogens is 1. The minimum atomic E-state index is -3.30. The standard InChI is InChI=1S/C17H15ClN2O3S.C17H16N2O3S/c1-9-8-13-15(19-10(2)20-17(13)18)14(9)16(21)11-4-6-12(7-5-11)24(3,22)23;1-10-8-13-9-18-11(2)19-16(13)15(10)17(20)12-4-6-14(7-5-12)23(3,21)22/h4-7H,8H2,1-3H3;4-7,9H,8H2,1-3H3. The molecule has 0 fully saturated rings. The summed E-state index contributed by atoms with van der Waals surface area (Å²) in [7, 11) is -6.57. The molecule has 0 unspecified atom stereocenters. The highest BCUT2D eigenvalue weighted by atomic mass is 35.5. The van der Waals surface area contributed by atoms with E-state index in [9.17, 15) is 26.4 Å². The zero-order valence-corrected chi connectivity index (χ0v) is 28.9. The van der Waals surface area contributed by atoms with E-state index in [0.717, 1.165) is 34.8 Å². The molecule has 2 aliphatic carbocycles. The van der Waals surface area contributed by atoms with Crippen molar-refractivity contribution in [3.8, 4) is 0 Å². The number of sulfone groups is 2. The Hall–Kier alpha value is -4.39. The molecule has 0 atom stereocenters. The summed E-state index contributed by atoms with van der Waals surface area (Å²) in [6.45, 7) is 7.29. The Morgan fingerprint density at radius 1 is 0.638 bits per heavy atom. The number of rotatable bonds is 6. The van der Waals surface area contributed by atoms with Gasteiger partial charge in [-0.3, -0.25) is 9.59 Å². The zero-order valence-electron chi connectivity index (χ0n) is 26.5. The molecule has 0 spiro atoms. The molecule has 2 aromatic heterocycles. The molecule has 13 heteroatoms. The fourth-order valence-corrected chi connectivity index (χ4v) is 7.04. The number of Topliss-reactive ketones (excluding diaryl/α,β-unsaturated/α-hetero) is 2. The number of nitrogens with zero attached hydrogens (tertiary/aromatic N) is 4. The highest BCUT2D eigenvalue weighted by Crippen LogP contribution is 2.37. The number of benzene rings is 2. The van der Waals surface area contributed by atoms with E-state index in [2.05, 4.69) is 19.9 Å². The van der Waals surface area contributed by atoms with Crippen LogP contribution in [-0.4, -0.2) is 60.8 Å². The summed E-state index contributed by atoms with van der Waals surface area (Å²) in [5, 5.41) is 0.368. The Kier molecular flexibility index (Phi) is 9.15. The lowest BCUT2D eigenvalue weighted by Crippen LogP contribution is -2.06. The number of aryl methyl sites for hydroxylation is 2. The lowest BCUT2D eigenvalue weighted by molar-refractivity contribution is 0.104. The van der Waals surface area contributed by atoms with Crippen molar-refractivity contribution < 1.29 is 26.4 Å². The van der Waals surface area contributed by atoms with E-state index in [1.54, 1.807) is 32.2 Å². The first kappa shape index (κ1) is 34.0. The van der Waals surface area contributed by atoms with Crippen LogP contribution in [0, 0.1) is 13.8 Å². The third-order valence-corrected chi connectivity index (χ3v) is 10.4. The Morgan fingerprint density at radius 2 is 1.09 bits per heavy atom. The van der Waals surface area contributed by atoms with E-state index in [0.29, 0.717) is 63.3 Å². The maximum atomic E-state index is 12.9. The van der Waals surface area contributed by atoms with Gasteiger partial charge in [-0.05, 0) is 89.1 Å². The second kappa shape index (κ2) is 12.7. The normalized spacial score (nSPS) is 14.0. The lowest BCUT2D eigenvalue weighted by atomic mass is 10.00. The van der Waals surface area contributed by atoms with Crippen molar-refractivity contribution in [1.82, 2.24) is 19.9 Å². The van der Waals surface area contributed by atoms with Gasteiger partial charge in [-0.2, -0.15) is 0 Å². The number of ketones is 2. The zero-order chi connectivity index (χ0) is 34.4. The topological polar surface area (TPSA) is 154 Å². The molecule has 0 saturated heterocycles. The number of allylic oxidation sites excluding steroid dienone is 4. The molecule has 2 aliphatic rings. The van der Waals surface area contributed by atoms with Crippen molar-refractivity contribution in [3.05, 3.63) is 116 Å². The first-order valence-electron chi connectivity index (χ1n) is 14.4. The Morgan fingerprint density at radius 3 is 1.57 bits per heavy atom. The van der Waals surface area contributed by atoms with Gasteiger partial charge < -0.3 is 0 Å². The quantitative estimate of drug-likeness (QED) is 0.188. The summed E-state index contributed by atoms with van der Waals surface area (Å²) < 4.78 is 46.1. The van der Waals surface area contributed by atoms with Gasteiger partial charge in [0.15, 0.2) is 31.2 Å². The highest BCUT2D eigenvalue weighted by molar-refractivity contribution is 7.91. The molecule has 0 amide bonds. The number of fused-ring (bicyclic) bond motifs is 2. The Labute approximate surface area is 278 Å². The second-order valence-electron chi connectivity index (χ2n) is 11.6. The van der Waals surface area contributed by atoms with Crippen LogP contribution in [0.25, 0.3) is 11.1 Å². The van der Waals surface area contributed by atoms with Crippen LogP contribution in [0.15, 0.2) is 75.7 Å². The van der Waals surface area contributed by atoms with Gasteiger partial charge in [-0.15, -0.1) is 0 Å². The minimum Gasteiger partial charge on any atom is -0.289 e. The van der Waals surface area contributed by atoms with E-state index in [1.165, 1.54) is 36.4 Å². The number of carbonyl (C=O) groups excluding carboxylic acids is 2. The second-order valence-corrected chi connectivity index (χ2v) is 16.0. The molecule has 4 aromatic rings. The van der Waals surface area contributed by atoms with Crippen LogP contribution in [0.1, 0.15) is 68.7 Å². The fourth-order valence-electron chi connectivity index (χ4n) is 5.50. The molecule has 6 rings (SSSR count). The first-order chi connectivity index (χ1) is 22.0. The van der Waals surface area contributed by atoms with Gasteiger partial charge in [-0.25, -0.2) is 36.8 Å². The predicted octanol–water partition coefficient (Wildman–Crippen LogP) is 5.46. The summed E-state index contributed by atoms with van der Waals surface area (Å²) in [5.74, 6) is 0.794. The van der Waals surface area contributed by atoms with Crippen LogP contribution in [0.3, 0.4) is 0 Å². The van der Waals surface area contributed by atoms with E-state index in [1.807, 2.05) is 13.8 Å². The van der Waals surface area contributed by atoms with Crippen LogP contribution in [-0.2, 0) is 32.5 Å². The van der Waals surface area contributed by atoms with Crippen molar-refractivity contribution >= 4 is 54.0 Å². The molecule has 0 N–H and O–H groups in total. The molecular weight excluding hydrogens is 660 g/mol. The minimum absolute atomic E-state index is 0.139. The largest absolute Gasteiger partial charge is 0.289 e. The number of hydrogen-bond donors (Lipinski definition) is 0. The number of hydrogen-bond acceptors (Lipinski definition) is 10. The van der Waals surface area contributed by atoms with Crippen LogP contribution in [0.4, 0.5) is 0 Å². The van der Waals surface area contributed by atoms with Gasteiger partial charge >= 0.3 is 0 Å². The smallest absolute Gasteiger partial charge is 0.195 e. The molecule has 242 valence electrons. The monoisotopic (exact) mass is 690 g/mol. The average Bonchev–Trinajstić information content (AvgIpc) is 3.51. The van der Waals surface area contributed by atoms with E-state index in [-0.39, 0.29) is 21.4 Å². The average molecular weight is 691 g/mol. The van der Waals surface area contributed by atoms with E-state index in [4.69, 9.17) is 11.6 Å². The van der Waals surface area contributed by atoms with Crippen molar-refractivity contribution in [3.63, 3.8) is 0 Å². The summed E-state index contributed by atoms with van der Waals surface area (Å²) in [6.07, 6.45) is 5.23. The van der Waals surface area contributed by atoms with Crippen molar-refractivity contribution in [2.75, 3.05) is 12.5 Å². The predicted molar refractivity (Wildman–Crippen MR) is 179 cm³/mol. The lowest BCUT2D eigenvalue weighted by Gasteiger charge is -2.07. The van der Waals surface area contributed by atoms with Crippen molar-refractivity contribution in [1.29, 1.82) is 0 Å². The highest BCUT2D eigenvalue weighted by Gasteiger charge is 2.30. The molecule has 10 nitrogen and oxygen atoms in total. The van der Waals surface area contributed by atoms with E-state index >= 15 is 0 Å². The Bertz CT molecular complexity index is 2260. The van der Waals surface area contributed by atoms with Crippen LogP contribution >= 0.6 is 11.6 Å². The molecular formula is C34H31ClN4O6S2. The number of carbonyl (C=O) groups is 2. The van der Waals surface area contributed by atoms with Gasteiger partial charge in [0.05, 0.1) is 21.2 Å². The fraction of sp³-hybridized carbons (Fsp3) is 0.235. The molecule has 2 aromatic carbocycles. The van der Waals surface area contributed by atoms with Crippen LogP contribution in [0.5, 0.6) is 0 Å². The number of aromatic nitrogens is 4. The summed E-state index contributed by atoms with van der Waals surface area (Å²) in [5.41, 5.74) is 6.78. The van der Waals surface area contributed by atoms with Crippen molar-refractivity contribution in [2.24, 2.45) is 0 Å². The van der Waals surface area contributed by atoms with Gasteiger partial charge in [0.2, 0.25) is 0 Å². The van der Waals surface area contributed by atoms with Gasteiger partial charge in [-0.1, -0.05) is 22.7 Å². The van der Waals surface area contributed by atoms with Gasteiger partial charge in [0.25, 0.3) is 0 Å².